The first kappa shape index (κ1) is 21.7. The van der Waals surface area contributed by atoms with Gasteiger partial charge in [0.1, 0.15) is 0 Å². The second-order valence-electron chi connectivity index (χ2n) is 5.80. The molecule has 0 atom stereocenters. The highest BCUT2D eigenvalue weighted by Crippen LogP contribution is 2.08. The Morgan fingerprint density at radius 1 is 1.32 bits per heavy atom. The standard InChI is InChI=1S/C16H30N4S.HI/c1-13(2)20(14(3)4)11-6-9-18-16(17)19-10-8-15-7-5-12-21-15;/h5,7,12-14H,6,8-11H2,1-4H3,(H3,17,18,19);1H. The van der Waals surface area contributed by atoms with Gasteiger partial charge in [0.25, 0.3) is 0 Å². The van der Waals surface area contributed by atoms with Gasteiger partial charge in [-0.2, -0.15) is 0 Å². The highest BCUT2D eigenvalue weighted by Gasteiger charge is 2.11. The van der Waals surface area contributed by atoms with E-state index in [4.69, 9.17) is 5.73 Å². The van der Waals surface area contributed by atoms with Crippen LogP contribution >= 0.6 is 35.3 Å². The summed E-state index contributed by atoms with van der Waals surface area (Å²) in [5, 5.41) is 5.27. The molecule has 0 aromatic carbocycles. The number of hydrogen-bond acceptors (Lipinski definition) is 3. The van der Waals surface area contributed by atoms with Gasteiger partial charge in [-0.15, -0.1) is 35.3 Å². The zero-order valence-electron chi connectivity index (χ0n) is 14.2. The van der Waals surface area contributed by atoms with Gasteiger partial charge in [0.15, 0.2) is 5.96 Å². The monoisotopic (exact) mass is 438 g/mol. The first-order valence-corrected chi connectivity index (χ1v) is 8.70. The number of nitrogens with zero attached hydrogens (tertiary/aromatic N) is 2. The van der Waals surface area contributed by atoms with E-state index in [1.54, 1.807) is 11.3 Å². The van der Waals surface area contributed by atoms with Crippen molar-refractivity contribution in [2.45, 2.75) is 52.6 Å². The molecule has 1 heterocycles. The Kier molecular flexibility index (Phi) is 11.9. The van der Waals surface area contributed by atoms with Crippen LogP contribution in [-0.4, -0.2) is 42.6 Å². The quantitative estimate of drug-likeness (QED) is 0.269. The maximum atomic E-state index is 5.88. The number of halogens is 1. The maximum Gasteiger partial charge on any atom is 0.188 e. The molecule has 4 nitrogen and oxygen atoms in total. The summed E-state index contributed by atoms with van der Waals surface area (Å²) in [5.41, 5.74) is 5.88. The maximum absolute atomic E-state index is 5.88. The van der Waals surface area contributed by atoms with Gasteiger partial charge < -0.3 is 11.1 Å². The number of hydrogen-bond donors (Lipinski definition) is 2. The van der Waals surface area contributed by atoms with Crippen LogP contribution in [0.3, 0.4) is 0 Å². The molecule has 0 aliphatic carbocycles. The molecule has 1 rings (SSSR count). The Bertz CT molecular complexity index is 396. The number of guanidine groups is 1. The molecule has 0 saturated heterocycles. The van der Waals surface area contributed by atoms with Crippen molar-refractivity contribution in [2.24, 2.45) is 10.7 Å². The van der Waals surface area contributed by atoms with E-state index in [9.17, 15) is 0 Å². The van der Waals surface area contributed by atoms with Gasteiger partial charge in [-0.1, -0.05) is 6.07 Å². The SMILES string of the molecule is CC(C)N(CCCN=C(N)NCCc1cccs1)C(C)C.I. The van der Waals surface area contributed by atoms with Crippen molar-refractivity contribution in [1.82, 2.24) is 10.2 Å². The van der Waals surface area contributed by atoms with E-state index < -0.39 is 0 Å². The number of aliphatic imine (C=N–C) groups is 1. The van der Waals surface area contributed by atoms with Crippen molar-refractivity contribution in [3.63, 3.8) is 0 Å². The molecule has 6 heteroatoms. The summed E-state index contributed by atoms with van der Waals surface area (Å²) in [6, 6.07) is 5.38. The first-order valence-electron chi connectivity index (χ1n) is 7.82. The van der Waals surface area contributed by atoms with Crippen LogP contribution in [0.2, 0.25) is 0 Å². The fraction of sp³-hybridized carbons (Fsp3) is 0.688. The summed E-state index contributed by atoms with van der Waals surface area (Å²) in [4.78, 5) is 8.25. The van der Waals surface area contributed by atoms with Gasteiger partial charge in [0, 0.05) is 36.6 Å². The Labute approximate surface area is 156 Å². The van der Waals surface area contributed by atoms with Crippen molar-refractivity contribution in [1.29, 1.82) is 0 Å². The molecule has 0 amide bonds. The van der Waals surface area contributed by atoms with Crippen LogP contribution < -0.4 is 11.1 Å². The lowest BCUT2D eigenvalue weighted by atomic mass is 10.2. The molecule has 0 aliphatic rings. The molecule has 22 heavy (non-hydrogen) atoms. The minimum absolute atomic E-state index is 0. The highest BCUT2D eigenvalue weighted by molar-refractivity contribution is 14.0. The van der Waals surface area contributed by atoms with E-state index in [1.807, 2.05) is 0 Å². The summed E-state index contributed by atoms with van der Waals surface area (Å²) < 4.78 is 0. The van der Waals surface area contributed by atoms with E-state index in [-0.39, 0.29) is 24.0 Å². The smallest absolute Gasteiger partial charge is 0.188 e. The van der Waals surface area contributed by atoms with E-state index in [1.165, 1.54) is 4.88 Å². The fourth-order valence-electron chi connectivity index (χ4n) is 2.39. The summed E-state index contributed by atoms with van der Waals surface area (Å²) in [6.07, 6.45) is 2.05. The summed E-state index contributed by atoms with van der Waals surface area (Å²) in [7, 11) is 0. The Morgan fingerprint density at radius 2 is 2.00 bits per heavy atom. The van der Waals surface area contributed by atoms with Crippen LogP contribution in [0.4, 0.5) is 0 Å². The third kappa shape index (κ3) is 8.95. The molecule has 0 radical (unpaired) electrons. The number of thiophene rings is 1. The van der Waals surface area contributed by atoms with Crippen molar-refractivity contribution >= 4 is 41.3 Å². The normalized spacial score (nSPS) is 12.0. The topological polar surface area (TPSA) is 53.6 Å². The minimum Gasteiger partial charge on any atom is -0.370 e. The van der Waals surface area contributed by atoms with Gasteiger partial charge in [0.2, 0.25) is 0 Å². The minimum atomic E-state index is 0. The second-order valence-corrected chi connectivity index (χ2v) is 6.83. The third-order valence-electron chi connectivity index (χ3n) is 3.44. The molecule has 1 aromatic heterocycles. The molecule has 0 spiro atoms. The van der Waals surface area contributed by atoms with Crippen LogP contribution in [0.15, 0.2) is 22.5 Å². The Hall–Kier alpha value is -0.340. The number of nitrogens with one attached hydrogen (secondary N) is 1. The van der Waals surface area contributed by atoms with Crippen LogP contribution in [0.5, 0.6) is 0 Å². The predicted octanol–water partition coefficient (Wildman–Crippen LogP) is 3.32. The van der Waals surface area contributed by atoms with Crippen molar-refractivity contribution in [3.8, 4) is 0 Å². The molecule has 0 aliphatic heterocycles. The summed E-state index contributed by atoms with van der Waals surface area (Å²) in [5.74, 6) is 0.562. The Morgan fingerprint density at radius 3 is 2.55 bits per heavy atom. The average Bonchev–Trinajstić information content (AvgIpc) is 2.90. The predicted molar refractivity (Wildman–Crippen MR) is 110 cm³/mol. The van der Waals surface area contributed by atoms with Gasteiger partial charge in [-0.3, -0.25) is 9.89 Å². The van der Waals surface area contributed by atoms with Crippen LogP contribution in [0.1, 0.15) is 39.0 Å². The summed E-state index contributed by atoms with van der Waals surface area (Å²) in [6.45, 7) is 11.7. The summed E-state index contributed by atoms with van der Waals surface area (Å²) >= 11 is 1.78. The first-order chi connectivity index (χ1) is 10.0. The fourth-order valence-corrected chi connectivity index (χ4v) is 3.10. The molecule has 128 valence electrons. The van der Waals surface area contributed by atoms with E-state index in [0.29, 0.717) is 18.0 Å². The van der Waals surface area contributed by atoms with Crippen molar-refractivity contribution in [3.05, 3.63) is 22.4 Å². The number of rotatable bonds is 9. The highest BCUT2D eigenvalue weighted by atomic mass is 127. The largest absolute Gasteiger partial charge is 0.370 e. The molecule has 1 aromatic rings. The lowest BCUT2D eigenvalue weighted by molar-refractivity contribution is 0.174. The average molecular weight is 438 g/mol. The van der Waals surface area contributed by atoms with Crippen LogP contribution in [0.25, 0.3) is 0 Å². The third-order valence-corrected chi connectivity index (χ3v) is 4.38. The van der Waals surface area contributed by atoms with E-state index in [0.717, 1.165) is 32.5 Å². The van der Waals surface area contributed by atoms with E-state index >= 15 is 0 Å². The van der Waals surface area contributed by atoms with Crippen LogP contribution in [-0.2, 0) is 6.42 Å². The molecule has 0 unspecified atom stereocenters. The van der Waals surface area contributed by atoms with Gasteiger partial charge in [0.05, 0.1) is 0 Å². The van der Waals surface area contributed by atoms with Crippen LogP contribution in [0, 0.1) is 0 Å². The van der Waals surface area contributed by atoms with Crippen molar-refractivity contribution < 1.29 is 0 Å². The second kappa shape index (κ2) is 12.1. The van der Waals surface area contributed by atoms with Gasteiger partial charge in [-0.05, 0) is 52.0 Å². The Balaban J connectivity index is 0.00000441. The lowest BCUT2D eigenvalue weighted by Crippen LogP contribution is -2.38. The zero-order chi connectivity index (χ0) is 15.7. The molecule has 0 saturated carbocycles. The van der Waals surface area contributed by atoms with E-state index in [2.05, 4.69) is 60.4 Å². The molecule has 3 N–H and O–H groups in total. The molecular weight excluding hydrogens is 407 g/mol. The van der Waals surface area contributed by atoms with Gasteiger partial charge in [-0.25, -0.2) is 0 Å². The van der Waals surface area contributed by atoms with Gasteiger partial charge >= 0.3 is 0 Å². The molecule has 0 bridgehead atoms. The zero-order valence-corrected chi connectivity index (χ0v) is 17.4. The molecule has 0 fully saturated rings. The van der Waals surface area contributed by atoms with Crippen molar-refractivity contribution in [2.75, 3.05) is 19.6 Å². The lowest BCUT2D eigenvalue weighted by Gasteiger charge is -2.30. The molecular formula is C16H31IN4S. The number of nitrogens with two attached hydrogens (primary N) is 1.